The Morgan fingerprint density at radius 1 is 1.35 bits per heavy atom. The summed E-state index contributed by atoms with van der Waals surface area (Å²) in [7, 11) is -1.82. The standard InChI is InChI=1S/C12H16N4O3S/c1-16-11(4-6-14-16)5-7-15-20(18,19)12-3-2-10(9-17)8-13-12/h2-4,6,8,15,17H,5,7,9H2,1H3. The molecule has 0 aliphatic rings. The number of rotatable bonds is 6. The molecule has 0 fully saturated rings. The van der Waals surface area contributed by atoms with Crippen molar-refractivity contribution in [2.75, 3.05) is 6.54 Å². The van der Waals surface area contributed by atoms with E-state index in [9.17, 15) is 8.42 Å². The zero-order valence-corrected chi connectivity index (χ0v) is 11.8. The Morgan fingerprint density at radius 2 is 2.15 bits per heavy atom. The summed E-state index contributed by atoms with van der Waals surface area (Å²) >= 11 is 0. The molecule has 2 heterocycles. The lowest BCUT2D eigenvalue weighted by Gasteiger charge is -2.06. The van der Waals surface area contributed by atoms with Crippen molar-refractivity contribution < 1.29 is 13.5 Å². The first-order valence-electron chi connectivity index (χ1n) is 6.05. The summed E-state index contributed by atoms with van der Waals surface area (Å²) in [6, 6.07) is 4.74. The maximum absolute atomic E-state index is 12.0. The van der Waals surface area contributed by atoms with Gasteiger partial charge in [0.15, 0.2) is 5.03 Å². The average Bonchev–Trinajstić information content (AvgIpc) is 2.84. The molecule has 2 rings (SSSR count). The molecule has 108 valence electrons. The molecule has 2 N–H and O–H groups in total. The van der Waals surface area contributed by atoms with Crippen LogP contribution in [0.1, 0.15) is 11.3 Å². The number of nitrogens with zero attached hydrogens (tertiary/aromatic N) is 3. The smallest absolute Gasteiger partial charge is 0.258 e. The Labute approximate surface area is 117 Å². The predicted octanol–water partition coefficient (Wildman–Crippen LogP) is -0.172. The van der Waals surface area contributed by atoms with Crippen LogP contribution < -0.4 is 4.72 Å². The van der Waals surface area contributed by atoms with Crippen molar-refractivity contribution in [3.05, 3.63) is 41.9 Å². The van der Waals surface area contributed by atoms with E-state index in [0.717, 1.165) is 5.69 Å². The van der Waals surface area contributed by atoms with Crippen LogP contribution in [0, 0.1) is 0 Å². The zero-order chi connectivity index (χ0) is 14.6. The summed E-state index contributed by atoms with van der Waals surface area (Å²) in [6.45, 7) is 0.104. The summed E-state index contributed by atoms with van der Waals surface area (Å²) in [6.07, 6.45) is 3.55. The molecule has 0 aliphatic heterocycles. The SMILES string of the molecule is Cn1nccc1CCNS(=O)(=O)c1ccc(CO)cn1. The van der Waals surface area contributed by atoms with Crippen molar-refractivity contribution >= 4 is 10.0 Å². The van der Waals surface area contributed by atoms with E-state index in [1.54, 1.807) is 17.9 Å². The Morgan fingerprint density at radius 3 is 2.70 bits per heavy atom. The minimum absolute atomic E-state index is 0.0558. The Kier molecular flexibility index (Phi) is 4.48. The van der Waals surface area contributed by atoms with E-state index in [-0.39, 0.29) is 18.2 Å². The maximum atomic E-state index is 12.0. The van der Waals surface area contributed by atoms with Crippen LogP contribution in [0.25, 0.3) is 0 Å². The van der Waals surface area contributed by atoms with Gasteiger partial charge in [-0.1, -0.05) is 6.07 Å². The summed E-state index contributed by atoms with van der Waals surface area (Å²) in [5.74, 6) is 0. The van der Waals surface area contributed by atoms with E-state index >= 15 is 0 Å². The number of aliphatic hydroxyl groups is 1. The van der Waals surface area contributed by atoms with Crippen molar-refractivity contribution in [3.8, 4) is 0 Å². The minimum atomic E-state index is -3.62. The van der Waals surface area contributed by atoms with Crippen LogP contribution in [0.2, 0.25) is 0 Å². The number of hydrogen-bond acceptors (Lipinski definition) is 5. The first-order chi connectivity index (χ1) is 9.53. The molecule has 0 aliphatic carbocycles. The lowest BCUT2D eigenvalue weighted by atomic mass is 10.3. The number of pyridine rings is 1. The number of hydrogen-bond donors (Lipinski definition) is 2. The Bertz CT molecular complexity index is 664. The number of aromatic nitrogens is 3. The third kappa shape index (κ3) is 3.41. The van der Waals surface area contributed by atoms with Crippen molar-refractivity contribution in [1.82, 2.24) is 19.5 Å². The zero-order valence-electron chi connectivity index (χ0n) is 11.0. The molecule has 0 spiro atoms. The lowest BCUT2D eigenvalue weighted by molar-refractivity contribution is 0.281. The van der Waals surface area contributed by atoms with Crippen molar-refractivity contribution in [1.29, 1.82) is 0 Å². The molecule has 7 nitrogen and oxygen atoms in total. The second kappa shape index (κ2) is 6.12. The van der Waals surface area contributed by atoms with Gasteiger partial charge in [-0.15, -0.1) is 0 Å². The molecule has 0 atom stereocenters. The van der Waals surface area contributed by atoms with Crippen molar-refractivity contribution in [2.45, 2.75) is 18.1 Å². The van der Waals surface area contributed by atoms with Crippen LogP contribution in [0.4, 0.5) is 0 Å². The quantitative estimate of drug-likeness (QED) is 0.771. The van der Waals surface area contributed by atoms with E-state index in [0.29, 0.717) is 12.0 Å². The molecule has 0 saturated heterocycles. The number of aryl methyl sites for hydroxylation is 1. The summed E-state index contributed by atoms with van der Waals surface area (Å²) in [4.78, 5) is 3.83. The molecular weight excluding hydrogens is 280 g/mol. The van der Waals surface area contributed by atoms with Gasteiger partial charge in [-0.3, -0.25) is 4.68 Å². The number of sulfonamides is 1. The van der Waals surface area contributed by atoms with Crippen LogP contribution in [-0.4, -0.2) is 34.8 Å². The molecule has 0 bridgehead atoms. The lowest BCUT2D eigenvalue weighted by Crippen LogP contribution is -2.27. The van der Waals surface area contributed by atoms with Crippen LogP contribution in [-0.2, 0) is 30.1 Å². The molecule has 0 radical (unpaired) electrons. The highest BCUT2D eigenvalue weighted by molar-refractivity contribution is 7.89. The van der Waals surface area contributed by atoms with Crippen LogP contribution >= 0.6 is 0 Å². The summed E-state index contributed by atoms with van der Waals surface area (Å²) in [5, 5.41) is 12.8. The van der Waals surface area contributed by atoms with Gasteiger partial charge in [0.25, 0.3) is 10.0 Å². The Balaban J connectivity index is 1.98. The van der Waals surface area contributed by atoms with Gasteiger partial charge in [0.1, 0.15) is 0 Å². The molecule has 2 aromatic heterocycles. The normalized spacial score (nSPS) is 11.7. The fourth-order valence-corrected chi connectivity index (χ4v) is 2.65. The predicted molar refractivity (Wildman–Crippen MR) is 72.3 cm³/mol. The van der Waals surface area contributed by atoms with Gasteiger partial charge in [0, 0.05) is 38.1 Å². The van der Waals surface area contributed by atoms with Gasteiger partial charge >= 0.3 is 0 Å². The van der Waals surface area contributed by atoms with E-state index in [2.05, 4.69) is 14.8 Å². The van der Waals surface area contributed by atoms with E-state index in [4.69, 9.17) is 5.11 Å². The monoisotopic (exact) mass is 296 g/mol. The van der Waals surface area contributed by atoms with Gasteiger partial charge in [0.2, 0.25) is 0 Å². The molecule has 0 amide bonds. The highest BCUT2D eigenvalue weighted by atomic mass is 32.2. The molecule has 0 unspecified atom stereocenters. The average molecular weight is 296 g/mol. The van der Waals surface area contributed by atoms with Gasteiger partial charge in [-0.25, -0.2) is 18.1 Å². The highest BCUT2D eigenvalue weighted by Gasteiger charge is 2.15. The van der Waals surface area contributed by atoms with Gasteiger partial charge < -0.3 is 5.11 Å². The molecule has 8 heteroatoms. The van der Waals surface area contributed by atoms with Crippen molar-refractivity contribution in [2.24, 2.45) is 7.05 Å². The third-order valence-electron chi connectivity index (χ3n) is 2.85. The fourth-order valence-electron chi connectivity index (χ4n) is 1.70. The third-order valence-corrected chi connectivity index (χ3v) is 4.23. The van der Waals surface area contributed by atoms with E-state index in [1.807, 2.05) is 6.07 Å². The molecular formula is C12H16N4O3S. The minimum Gasteiger partial charge on any atom is -0.392 e. The molecule has 0 aromatic carbocycles. The first-order valence-corrected chi connectivity index (χ1v) is 7.53. The van der Waals surface area contributed by atoms with E-state index in [1.165, 1.54) is 18.3 Å². The number of nitrogens with one attached hydrogen (secondary N) is 1. The molecule has 0 saturated carbocycles. The second-order valence-corrected chi connectivity index (χ2v) is 5.97. The van der Waals surface area contributed by atoms with Gasteiger partial charge in [-0.05, 0) is 17.7 Å². The van der Waals surface area contributed by atoms with Crippen molar-refractivity contribution in [3.63, 3.8) is 0 Å². The van der Waals surface area contributed by atoms with E-state index < -0.39 is 10.0 Å². The largest absolute Gasteiger partial charge is 0.392 e. The van der Waals surface area contributed by atoms with Crippen LogP contribution in [0.3, 0.4) is 0 Å². The number of aliphatic hydroxyl groups excluding tert-OH is 1. The first kappa shape index (κ1) is 14.6. The summed E-state index contributed by atoms with van der Waals surface area (Å²) < 4.78 is 28.2. The maximum Gasteiger partial charge on any atom is 0.258 e. The van der Waals surface area contributed by atoms with Crippen LogP contribution in [0.5, 0.6) is 0 Å². The summed E-state index contributed by atoms with van der Waals surface area (Å²) in [5.41, 5.74) is 1.51. The van der Waals surface area contributed by atoms with Gasteiger partial charge in [0.05, 0.1) is 6.61 Å². The fraction of sp³-hybridized carbons (Fsp3) is 0.333. The second-order valence-electron chi connectivity index (χ2n) is 4.26. The Hall–Kier alpha value is -1.77. The molecule has 20 heavy (non-hydrogen) atoms. The molecule has 2 aromatic rings. The van der Waals surface area contributed by atoms with Gasteiger partial charge in [-0.2, -0.15) is 5.10 Å². The topological polar surface area (TPSA) is 97.1 Å². The highest BCUT2D eigenvalue weighted by Crippen LogP contribution is 2.07. The van der Waals surface area contributed by atoms with Crippen LogP contribution in [0.15, 0.2) is 35.6 Å².